The van der Waals surface area contributed by atoms with E-state index in [2.05, 4.69) is 55.3 Å². The molecule has 116 valence electrons. The molecule has 1 atom stereocenters. The molecule has 1 unspecified atom stereocenters. The van der Waals surface area contributed by atoms with Crippen LogP contribution in [0.4, 0.5) is 5.69 Å². The molecule has 21 heavy (non-hydrogen) atoms. The molecular weight excluding hydrogens is 276 g/mol. The van der Waals surface area contributed by atoms with Crippen molar-refractivity contribution in [2.75, 3.05) is 11.9 Å². The molecule has 1 N–H and O–H groups in total. The summed E-state index contributed by atoms with van der Waals surface area (Å²) in [5, 5.41) is 4.32. The van der Waals surface area contributed by atoms with Crippen LogP contribution < -0.4 is 5.32 Å². The van der Waals surface area contributed by atoms with Gasteiger partial charge in [-0.25, -0.2) is 0 Å². The summed E-state index contributed by atoms with van der Waals surface area (Å²) >= 11 is 5.66. The van der Waals surface area contributed by atoms with Crippen molar-refractivity contribution in [3.8, 4) is 0 Å². The van der Waals surface area contributed by atoms with Crippen LogP contribution in [0.1, 0.15) is 64.4 Å². The minimum absolute atomic E-state index is 0.570. The molecule has 3 heteroatoms. The van der Waals surface area contributed by atoms with Crippen LogP contribution >= 0.6 is 12.2 Å². The van der Waals surface area contributed by atoms with Gasteiger partial charge in [-0.05, 0) is 55.1 Å². The van der Waals surface area contributed by atoms with E-state index in [9.17, 15) is 0 Å². The fourth-order valence-electron chi connectivity index (χ4n) is 3.02. The first-order valence-electron chi connectivity index (χ1n) is 8.29. The number of rotatable bonds is 3. The third kappa shape index (κ3) is 4.44. The van der Waals surface area contributed by atoms with Gasteiger partial charge in [0, 0.05) is 18.3 Å². The Kier molecular flexibility index (Phi) is 6.04. The molecule has 2 nitrogen and oxygen atoms in total. The number of nitrogens with one attached hydrogen (secondary N) is 1. The molecule has 0 aliphatic carbocycles. The molecule has 0 amide bonds. The maximum atomic E-state index is 5.66. The highest BCUT2D eigenvalue weighted by molar-refractivity contribution is 7.80. The van der Waals surface area contributed by atoms with E-state index >= 15 is 0 Å². The Hall–Kier alpha value is -1.09. The highest BCUT2D eigenvalue weighted by Crippen LogP contribution is 2.21. The van der Waals surface area contributed by atoms with Gasteiger partial charge < -0.3 is 10.2 Å². The van der Waals surface area contributed by atoms with Gasteiger partial charge in [0.25, 0.3) is 0 Å². The molecule has 0 saturated carbocycles. The predicted molar refractivity (Wildman–Crippen MR) is 96.0 cm³/mol. The lowest BCUT2D eigenvalue weighted by Crippen LogP contribution is -2.42. The van der Waals surface area contributed by atoms with Crippen LogP contribution in [0.3, 0.4) is 0 Å². The Balaban J connectivity index is 2.01. The molecule has 1 heterocycles. The molecule has 0 aromatic heterocycles. The van der Waals surface area contributed by atoms with Crippen molar-refractivity contribution < 1.29 is 0 Å². The van der Waals surface area contributed by atoms with Gasteiger partial charge in [-0.2, -0.15) is 0 Å². The van der Waals surface area contributed by atoms with Crippen LogP contribution in [0.25, 0.3) is 0 Å². The SMILES string of the molecule is CCC1CCCCCN1C(=S)Nc1ccc(C(C)C)cc1. The standard InChI is InChI=1S/C18H28N2S/c1-4-17-8-6-5-7-13-20(17)18(21)19-16-11-9-15(10-12-16)14(2)3/h9-12,14,17H,4-8,13H2,1-3H3,(H,19,21). The van der Waals surface area contributed by atoms with Gasteiger partial charge in [0.15, 0.2) is 5.11 Å². The number of nitrogens with zero attached hydrogens (tertiary/aromatic N) is 1. The first kappa shape index (κ1) is 16.3. The predicted octanol–water partition coefficient (Wildman–Crippen LogP) is 5.16. The van der Waals surface area contributed by atoms with Gasteiger partial charge in [0.2, 0.25) is 0 Å². The zero-order valence-electron chi connectivity index (χ0n) is 13.6. The maximum Gasteiger partial charge on any atom is 0.173 e. The van der Waals surface area contributed by atoms with Crippen molar-refractivity contribution in [2.45, 2.75) is 64.8 Å². The van der Waals surface area contributed by atoms with Crippen LogP contribution in [0.2, 0.25) is 0 Å². The smallest absolute Gasteiger partial charge is 0.173 e. The van der Waals surface area contributed by atoms with E-state index in [0.29, 0.717) is 12.0 Å². The number of hydrogen-bond donors (Lipinski definition) is 1. The van der Waals surface area contributed by atoms with Crippen LogP contribution in [0.15, 0.2) is 24.3 Å². The Morgan fingerprint density at radius 2 is 1.95 bits per heavy atom. The van der Waals surface area contributed by atoms with Crippen molar-refractivity contribution in [3.63, 3.8) is 0 Å². The monoisotopic (exact) mass is 304 g/mol. The van der Waals surface area contributed by atoms with Crippen LogP contribution in [-0.2, 0) is 0 Å². The molecule has 1 aliphatic rings. The topological polar surface area (TPSA) is 15.3 Å². The van der Waals surface area contributed by atoms with Crippen LogP contribution in [0.5, 0.6) is 0 Å². The second-order valence-electron chi connectivity index (χ2n) is 6.31. The van der Waals surface area contributed by atoms with E-state index < -0.39 is 0 Å². The number of thiocarbonyl (C=S) groups is 1. The van der Waals surface area contributed by atoms with Crippen LogP contribution in [0, 0.1) is 0 Å². The summed E-state index contributed by atoms with van der Waals surface area (Å²) in [6.07, 6.45) is 6.36. The van der Waals surface area contributed by atoms with Crippen molar-refractivity contribution in [1.82, 2.24) is 4.90 Å². The molecule has 1 fully saturated rings. The Morgan fingerprint density at radius 3 is 2.57 bits per heavy atom. The zero-order chi connectivity index (χ0) is 15.2. The summed E-state index contributed by atoms with van der Waals surface area (Å²) < 4.78 is 0. The third-order valence-electron chi connectivity index (χ3n) is 4.44. The Morgan fingerprint density at radius 1 is 1.24 bits per heavy atom. The lowest BCUT2D eigenvalue weighted by Gasteiger charge is -2.32. The van der Waals surface area contributed by atoms with Crippen molar-refractivity contribution in [1.29, 1.82) is 0 Å². The summed E-state index contributed by atoms with van der Waals surface area (Å²) in [4.78, 5) is 2.40. The van der Waals surface area contributed by atoms with Gasteiger partial charge >= 0.3 is 0 Å². The molecule has 1 aromatic carbocycles. The molecule has 0 spiro atoms. The normalized spacial score (nSPS) is 19.4. The molecule has 1 saturated heterocycles. The lowest BCUT2D eigenvalue weighted by atomic mass is 10.0. The van der Waals surface area contributed by atoms with Crippen molar-refractivity contribution in [3.05, 3.63) is 29.8 Å². The summed E-state index contributed by atoms with van der Waals surface area (Å²) in [6, 6.07) is 9.26. The number of likely N-dealkylation sites (tertiary alicyclic amines) is 1. The number of hydrogen-bond acceptors (Lipinski definition) is 1. The largest absolute Gasteiger partial charge is 0.346 e. The first-order chi connectivity index (χ1) is 10.1. The maximum absolute atomic E-state index is 5.66. The summed E-state index contributed by atoms with van der Waals surface area (Å²) in [5.74, 6) is 0.570. The Labute approximate surface area is 134 Å². The highest BCUT2D eigenvalue weighted by Gasteiger charge is 2.21. The fraction of sp³-hybridized carbons (Fsp3) is 0.611. The second kappa shape index (κ2) is 7.79. The number of benzene rings is 1. The molecule has 1 aromatic rings. The molecule has 1 aliphatic heterocycles. The quantitative estimate of drug-likeness (QED) is 0.776. The molecule has 0 radical (unpaired) electrons. The highest BCUT2D eigenvalue weighted by atomic mass is 32.1. The van der Waals surface area contributed by atoms with Gasteiger partial charge in [0.05, 0.1) is 0 Å². The van der Waals surface area contributed by atoms with Gasteiger partial charge in [0.1, 0.15) is 0 Å². The minimum atomic E-state index is 0.570. The average Bonchev–Trinajstić information content (AvgIpc) is 2.72. The summed E-state index contributed by atoms with van der Waals surface area (Å²) in [7, 11) is 0. The summed E-state index contributed by atoms with van der Waals surface area (Å²) in [5.41, 5.74) is 2.47. The van der Waals surface area contributed by atoms with Gasteiger partial charge in [-0.1, -0.05) is 45.7 Å². The van der Waals surface area contributed by atoms with E-state index in [1.165, 1.54) is 37.7 Å². The number of anilines is 1. The zero-order valence-corrected chi connectivity index (χ0v) is 14.4. The van der Waals surface area contributed by atoms with Gasteiger partial charge in [-0.3, -0.25) is 0 Å². The van der Waals surface area contributed by atoms with Crippen LogP contribution in [-0.4, -0.2) is 22.6 Å². The first-order valence-corrected chi connectivity index (χ1v) is 8.70. The fourth-order valence-corrected chi connectivity index (χ4v) is 3.37. The Bertz CT molecular complexity index is 453. The van der Waals surface area contributed by atoms with E-state index in [0.717, 1.165) is 17.3 Å². The second-order valence-corrected chi connectivity index (χ2v) is 6.70. The van der Waals surface area contributed by atoms with E-state index in [4.69, 9.17) is 12.2 Å². The minimum Gasteiger partial charge on any atom is -0.346 e. The van der Waals surface area contributed by atoms with Crippen molar-refractivity contribution >= 4 is 23.0 Å². The summed E-state index contributed by atoms with van der Waals surface area (Å²) in [6.45, 7) is 7.80. The van der Waals surface area contributed by atoms with E-state index in [1.807, 2.05) is 0 Å². The lowest BCUT2D eigenvalue weighted by molar-refractivity contribution is 0.311. The molecule has 0 bridgehead atoms. The van der Waals surface area contributed by atoms with E-state index in [-0.39, 0.29) is 0 Å². The average molecular weight is 305 g/mol. The third-order valence-corrected chi connectivity index (χ3v) is 4.77. The molecule has 2 rings (SSSR count). The van der Waals surface area contributed by atoms with Crippen molar-refractivity contribution in [2.24, 2.45) is 0 Å². The molecular formula is C18H28N2S. The van der Waals surface area contributed by atoms with E-state index in [1.54, 1.807) is 0 Å². The van der Waals surface area contributed by atoms with Gasteiger partial charge in [-0.15, -0.1) is 0 Å².